The molecule has 0 radical (unpaired) electrons. The molecule has 1 aromatic heterocycles. The number of furan rings is 1. The van der Waals surface area contributed by atoms with Crippen LogP contribution in [0.2, 0.25) is 0 Å². The second kappa shape index (κ2) is 9.00. The number of carbonyl (C=O) groups excluding carboxylic acids is 2. The maximum absolute atomic E-state index is 12.8. The summed E-state index contributed by atoms with van der Waals surface area (Å²) in [5, 5.41) is 7.29. The van der Waals surface area contributed by atoms with Crippen LogP contribution in [0.4, 0.5) is 0 Å². The summed E-state index contributed by atoms with van der Waals surface area (Å²) in [6, 6.07) is 17.0. The van der Waals surface area contributed by atoms with Gasteiger partial charge >= 0.3 is 0 Å². The first-order valence-corrected chi connectivity index (χ1v) is 10.4. The van der Waals surface area contributed by atoms with Gasteiger partial charge in [-0.25, -0.2) is 5.43 Å². The summed E-state index contributed by atoms with van der Waals surface area (Å²) in [4.78, 5) is 25.1. The number of carbonyl (C=O) groups is 2. The minimum absolute atomic E-state index is 0.250. The molecule has 1 aliphatic rings. The van der Waals surface area contributed by atoms with Crippen molar-refractivity contribution in [2.24, 2.45) is 5.10 Å². The van der Waals surface area contributed by atoms with E-state index >= 15 is 0 Å². The van der Waals surface area contributed by atoms with Crippen LogP contribution in [-0.4, -0.2) is 17.5 Å². The maximum Gasteiger partial charge on any atom is 0.287 e. The molecular formula is C25H25N3O3. The fourth-order valence-corrected chi connectivity index (χ4v) is 3.74. The molecule has 0 fully saturated rings. The van der Waals surface area contributed by atoms with E-state index in [2.05, 4.69) is 15.8 Å². The Kier molecular flexibility index (Phi) is 5.98. The molecule has 1 heterocycles. The van der Waals surface area contributed by atoms with Crippen LogP contribution in [0.1, 0.15) is 61.8 Å². The van der Waals surface area contributed by atoms with Gasteiger partial charge in [-0.3, -0.25) is 9.59 Å². The Labute approximate surface area is 181 Å². The molecule has 2 aromatic carbocycles. The van der Waals surface area contributed by atoms with E-state index in [0.717, 1.165) is 41.0 Å². The van der Waals surface area contributed by atoms with E-state index in [1.807, 2.05) is 56.3 Å². The van der Waals surface area contributed by atoms with Crippen molar-refractivity contribution in [2.45, 2.75) is 39.7 Å². The summed E-state index contributed by atoms with van der Waals surface area (Å²) in [5.41, 5.74) is 7.71. The van der Waals surface area contributed by atoms with E-state index in [-0.39, 0.29) is 11.8 Å². The number of nitrogens with zero attached hydrogens (tertiary/aromatic N) is 1. The summed E-state index contributed by atoms with van der Waals surface area (Å²) in [6.07, 6.45) is 2.31. The van der Waals surface area contributed by atoms with Gasteiger partial charge in [-0.1, -0.05) is 48.0 Å². The normalized spacial score (nSPS) is 14.2. The van der Waals surface area contributed by atoms with Crippen molar-refractivity contribution in [3.63, 3.8) is 0 Å². The maximum atomic E-state index is 12.8. The zero-order valence-electron chi connectivity index (χ0n) is 17.7. The Bertz CT molecular complexity index is 1130. The lowest BCUT2D eigenvalue weighted by Crippen LogP contribution is -2.23. The molecule has 2 amide bonds. The van der Waals surface area contributed by atoms with Crippen LogP contribution in [0.5, 0.6) is 0 Å². The molecule has 2 N–H and O–H groups in total. The van der Waals surface area contributed by atoms with Crippen LogP contribution < -0.4 is 10.7 Å². The number of hydrogen-bond acceptors (Lipinski definition) is 4. The van der Waals surface area contributed by atoms with Crippen molar-refractivity contribution in [3.8, 4) is 0 Å². The Morgan fingerprint density at radius 1 is 0.968 bits per heavy atom. The van der Waals surface area contributed by atoms with Crippen LogP contribution in [0.15, 0.2) is 64.1 Å². The zero-order chi connectivity index (χ0) is 21.8. The van der Waals surface area contributed by atoms with Gasteiger partial charge in [-0.05, 0) is 44.4 Å². The van der Waals surface area contributed by atoms with E-state index < -0.39 is 0 Å². The van der Waals surface area contributed by atoms with Crippen molar-refractivity contribution in [2.75, 3.05) is 0 Å². The quantitative estimate of drug-likeness (QED) is 0.610. The number of rotatable bonds is 5. The molecule has 6 nitrogen and oxygen atoms in total. The number of fused-ring (bicyclic) bond motifs is 1. The summed E-state index contributed by atoms with van der Waals surface area (Å²) in [7, 11) is 0. The topological polar surface area (TPSA) is 83.7 Å². The van der Waals surface area contributed by atoms with E-state index in [9.17, 15) is 9.59 Å². The Balaban J connectivity index is 1.50. The molecule has 31 heavy (non-hydrogen) atoms. The lowest BCUT2D eigenvalue weighted by molar-refractivity contribution is 0.0919. The molecule has 0 saturated heterocycles. The first kappa shape index (κ1) is 20.6. The van der Waals surface area contributed by atoms with Gasteiger partial charge in [0.05, 0.1) is 5.71 Å². The number of hydrogen-bond donors (Lipinski definition) is 2. The average Bonchev–Trinajstić information content (AvgIpc) is 3.14. The monoisotopic (exact) mass is 415 g/mol. The van der Waals surface area contributed by atoms with Gasteiger partial charge in [0.25, 0.3) is 11.8 Å². The smallest absolute Gasteiger partial charge is 0.287 e. The highest BCUT2D eigenvalue weighted by Gasteiger charge is 2.28. The third-order valence-corrected chi connectivity index (χ3v) is 5.43. The second-order valence-electron chi connectivity index (χ2n) is 7.74. The van der Waals surface area contributed by atoms with E-state index in [0.29, 0.717) is 24.3 Å². The molecule has 4 rings (SSSR count). The average molecular weight is 415 g/mol. The minimum atomic E-state index is -0.266. The van der Waals surface area contributed by atoms with Gasteiger partial charge in [0.2, 0.25) is 0 Å². The van der Waals surface area contributed by atoms with Gasteiger partial charge in [0, 0.05) is 29.7 Å². The summed E-state index contributed by atoms with van der Waals surface area (Å²) in [6.45, 7) is 4.32. The lowest BCUT2D eigenvalue weighted by Gasteiger charge is -2.13. The van der Waals surface area contributed by atoms with Crippen molar-refractivity contribution in [1.29, 1.82) is 0 Å². The molecule has 0 saturated carbocycles. The predicted octanol–water partition coefficient (Wildman–Crippen LogP) is 4.30. The third-order valence-electron chi connectivity index (χ3n) is 5.43. The van der Waals surface area contributed by atoms with Crippen LogP contribution in [0.3, 0.4) is 0 Å². The fraction of sp³-hybridized carbons (Fsp3) is 0.240. The summed E-state index contributed by atoms with van der Waals surface area (Å²) in [5.74, 6) is 0.538. The molecular weight excluding hydrogens is 390 g/mol. The predicted molar refractivity (Wildman–Crippen MR) is 119 cm³/mol. The number of amides is 2. The second-order valence-corrected chi connectivity index (χ2v) is 7.74. The van der Waals surface area contributed by atoms with Crippen molar-refractivity contribution in [1.82, 2.24) is 10.7 Å². The van der Waals surface area contributed by atoms with Crippen LogP contribution in [-0.2, 0) is 13.0 Å². The van der Waals surface area contributed by atoms with Crippen LogP contribution in [0, 0.1) is 13.8 Å². The zero-order valence-corrected chi connectivity index (χ0v) is 17.7. The molecule has 1 aliphatic carbocycles. The molecule has 6 heteroatoms. The van der Waals surface area contributed by atoms with E-state index in [4.69, 9.17) is 4.42 Å². The fourth-order valence-electron chi connectivity index (χ4n) is 3.74. The molecule has 3 aromatic rings. The number of nitrogens with one attached hydrogen (secondary N) is 2. The number of hydrazone groups is 1. The molecule has 0 bridgehead atoms. The van der Waals surface area contributed by atoms with E-state index in [1.165, 1.54) is 5.56 Å². The highest BCUT2D eigenvalue weighted by molar-refractivity contribution is 6.07. The van der Waals surface area contributed by atoms with Crippen LogP contribution in [0.25, 0.3) is 0 Å². The molecule has 158 valence electrons. The van der Waals surface area contributed by atoms with Gasteiger partial charge in [0.1, 0.15) is 5.76 Å². The van der Waals surface area contributed by atoms with Crippen molar-refractivity contribution >= 4 is 17.5 Å². The lowest BCUT2D eigenvalue weighted by atomic mass is 9.93. The number of benzene rings is 2. The highest BCUT2D eigenvalue weighted by Crippen LogP contribution is 2.30. The van der Waals surface area contributed by atoms with Gasteiger partial charge in [-0.2, -0.15) is 5.10 Å². The summed E-state index contributed by atoms with van der Waals surface area (Å²) < 4.78 is 5.92. The van der Waals surface area contributed by atoms with Gasteiger partial charge in [0.15, 0.2) is 5.76 Å². The third kappa shape index (κ3) is 4.58. The first-order valence-electron chi connectivity index (χ1n) is 10.4. The van der Waals surface area contributed by atoms with E-state index in [1.54, 1.807) is 12.1 Å². The molecule has 0 atom stereocenters. The SMILES string of the molecule is Cc1ccc(CNC(=O)c2oc3c(c2C)/C(=N/NC(=O)c2ccccc2)CCC3)cc1. The molecule has 0 unspecified atom stereocenters. The largest absolute Gasteiger partial charge is 0.455 e. The van der Waals surface area contributed by atoms with Gasteiger partial charge < -0.3 is 9.73 Å². The van der Waals surface area contributed by atoms with Crippen molar-refractivity contribution < 1.29 is 14.0 Å². The van der Waals surface area contributed by atoms with Gasteiger partial charge in [-0.15, -0.1) is 0 Å². The highest BCUT2D eigenvalue weighted by atomic mass is 16.4. The van der Waals surface area contributed by atoms with Crippen molar-refractivity contribution in [3.05, 3.63) is 93.9 Å². The Hall–Kier alpha value is -3.67. The Morgan fingerprint density at radius 2 is 1.71 bits per heavy atom. The van der Waals surface area contributed by atoms with Crippen LogP contribution >= 0.6 is 0 Å². The first-order chi connectivity index (χ1) is 15.0. The minimum Gasteiger partial charge on any atom is -0.455 e. The number of aryl methyl sites for hydroxylation is 2. The summed E-state index contributed by atoms with van der Waals surface area (Å²) >= 11 is 0. The molecule has 0 spiro atoms. The Morgan fingerprint density at radius 3 is 2.45 bits per heavy atom. The molecule has 0 aliphatic heterocycles. The standard InChI is InChI=1S/C25H25N3O3/c1-16-11-13-18(14-12-16)15-26-25(30)23-17(2)22-20(9-6-10-21(22)31-23)27-28-24(29)19-7-4-3-5-8-19/h3-5,7-8,11-14H,6,9-10,15H2,1-2H3,(H,26,30)(H,28,29)/b27-20+.